The van der Waals surface area contributed by atoms with Crippen molar-refractivity contribution in [2.24, 2.45) is 0 Å². The largest absolute Gasteiger partial charge is 0.385 e. The molecule has 0 unspecified atom stereocenters. The van der Waals surface area contributed by atoms with Gasteiger partial charge >= 0.3 is 0 Å². The molecule has 1 aliphatic rings. The third-order valence-electron chi connectivity index (χ3n) is 4.10. The first-order valence-corrected chi connectivity index (χ1v) is 8.78. The Hall–Kier alpha value is -0.910. The van der Waals surface area contributed by atoms with Gasteiger partial charge in [-0.15, -0.1) is 0 Å². The topological polar surface area (TPSA) is 29.5 Å². The molecule has 1 saturated heterocycles. The predicted octanol–water partition coefficient (Wildman–Crippen LogP) is 4.23. The molecule has 2 aromatic carbocycles. The monoisotopic (exact) mass is 394 g/mol. The first-order chi connectivity index (χ1) is 10.2. The minimum absolute atomic E-state index is 0.0510. The minimum Gasteiger partial charge on any atom is -0.385 e. The van der Waals surface area contributed by atoms with Gasteiger partial charge in [0.1, 0.15) is 0 Å². The van der Waals surface area contributed by atoms with Crippen LogP contribution in [-0.2, 0) is 10.3 Å². The van der Waals surface area contributed by atoms with E-state index in [1.807, 2.05) is 48.5 Å². The summed E-state index contributed by atoms with van der Waals surface area (Å²) in [5.74, 6) is 0. The van der Waals surface area contributed by atoms with E-state index in [0.717, 1.165) is 15.6 Å². The molecule has 0 spiro atoms. The van der Waals surface area contributed by atoms with Gasteiger partial charge in [0.05, 0.1) is 17.8 Å². The van der Waals surface area contributed by atoms with Crippen LogP contribution < -0.4 is 0 Å². The molecular weight excluding hydrogens is 375 g/mol. The van der Waals surface area contributed by atoms with Gasteiger partial charge in [0, 0.05) is 17.3 Å². The van der Waals surface area contributed by atoms with Gasteiger partial charge in [-0.3, -0.25) is 0 Å². The van der Waals surface area contributed by atoms with Crippen molar-refractivity contribution in [2.45, 2.75) is 30.7 Å². The Bertz CT molecular complexity index is 572. The number of halogens is 1. The zero-order valence-corrected chi connectivity index (χ0v) is 13.9. The average molecular weight is 394 g/mol. The fourth-order valence-electron chi connectivity index (χ4n) is 3.03. The summed E-state index contributed by atoms with van der Waals surface area (Å²) in [6.45, 7) is 0. The van der Waals surface area contributed by atoms with Crippen LogP contribution in [0, 0.1) is 0 Å². The van der Waals surface area contributed by atoms with Gasteiger partial charge in [-0.1, -0.05) is 83.3 Å². The molecule has 0 aromatic heterocycles. The number of rotatable bonds is 3. The number of alkyl halides is 1. The van der Waals surface area contributed by atoms with E-state index in [-0.39, 0.29) is 12.2 Å². The molecule has 0 aliphatic carbocycles. The molecule has 1 N–H and O–H groups in total. The lowest BCUT2D eigenvalue weighted by atomic mass is 9.80. The standard InChI is InChI=1S/C18H19IO2/c19-13-16-11-18(20,15-9-5-2-6-10-15)12-17(21-16)14-7-3-1-4-8-14/h1-10,16-17,20H,11-13H2/t16-,17-,18-/m1/s1. The first kappa shape index (κ1) is 15.0. The van der Waals surface area contributed by atoms with Crippen LogP contribution in [0.5, 0.6) is 0 Å². The van der Waals surface area contributed by atoms with Crippen molar-refractivity contribution in [3.8, 4) is 0 Å². The van der Waals surface area contributed by atoms with E-state index in [9.17, 15) is 5.11 Å². The van der Waals surface area contributed by atoms with Crippen LogP contribution in [0.3, 0.4) is 0 Å². The maximum atomic E-state index is 11.2. The molecule has 110 valence electrons. The molecule has 2 aromatic rings. The van der Waals surface area contributed by atoms with Crippen LogP contribution in [0.4, 0.5) is 0 Å². The maximum absolute atomic E-state index is 11.2. The van der Waals surface area contributed by atoms with E-state index < -0.39 is 5.60 Å². The van der Waals surface area contributed by atoms with Crippen molar-refractivity contribution in [3.05, 3.63) is 71.8 Å². The summed E-state index contributed by atoms with van der Waals surface area (Å²) in [6.07, 6.45) is 1.29. The molecule has 1 fully saturated rings. The highest BCUT2D eigenvalue weighted by Crippen LogP contribution is 2.43. The molecule has 3 atom stereocenters. The summed E-state index contributed by atoms with van der Waals surface area (Å²) >= 11 is 2.34. The van der Waals surface area contributed by atoms with Gasteiger partial charge < -0.3 is 9.84 Å². The molecule has 1 aliphatic heterocycles. The number of aliphatic hydroxyl groups is 1. The molecule has 0 radical (unpaired) electrons. The third-order valence-corrected chi connectivity index (χ3v) is 5.08. The second kappa shape index (κ2) is 6.46. The molecule has 2 nitrogen and oxygen atoms in total. The summed E-state index contributed by atoms with van der Waals surface area (Å²) in [7, 11) is 0. The molecule has 21 heavy (non-hydrogen) atoms. The summed E-state index contributed by atoms with van der Waals surface area (Å²) in [5.41, 5.74) is 1.32. The van der Waals surface area contributed by atoms with E-state index >= 15 is 0 Å². The van der Waals surface area contributed by atoms with Crippen LogP contribution in [0.15, 0.2) is 60.7 Å². The van der Waals surface area contributed by atoms with E-state index in [1.54, 1.807) is 0 Å². The molecule has 0 saturated carbocycles. The van der Waals surface area contributed by atoms with Crippen molar-refractivity contribution in [1.82, 2.24) is 0 Å². The van der Waals surface area contributed by atoms with Crippen molar-refractivity contribution >= 4 is 22.6 Å². The highest BCUT2D eigenvalue weighted by molar-refractivity contribution is 14.1. The van der Waals surface area contributed by atoms with Gasteiger partial charge in [0.15, 0.2) is 0 Å². The van der Waals surface area contributed by atoms with Gasteiger partial charge in [-0.25, -0.2) is 0 Å². The molecule has 0 amide bonds. The van der Waals surface area contributed by atoms with E-state index in [1.165, 1.54) is 0 Å². The number of hydrogen-bond donors (Lipinski definition) is 1. The van der Waals surface area contributed by atoms with E-state index in [2.05, 4.69) is 34.7 Å². The molecule has 3 heteroatoms. The molecule has 1 heterocycles. The van der Waals surface area contributed by atoms with Crippen LogP contribution in [0.25, 0.3) is 0 Å². The Balaban J connectivity index is 1.92. The van der Waals surface area contributed by atoms with Crippen molar-refractivity contribution in [3.63, 3.8) is 0 Å². The van der Waals surface area contributed by atoms with Gasteiger partial charge in [0.2, 0.25) is 0 Å². The van der Waals surface area contributed by atoms with Crippen LogP contribution in [0.2, 0.25) is 0 Å². The van der Waals surface area contributed by atoms with Gasteiger partial charge in [-0.05, 0) is 11.1 Å². The van der Waals surface area contributed by atoms with Crippen molar-refractivity contribution in [1.29, 1.82) is 0 Å². The molecule has 3 rings (SSSR count). The highest BCUT2D eigenvalue weighted by atomic mass is 127. The Morgan fingerprint density at radius 3 is 2.24 bits per heavy atom. The maximum Gasteiger partial charge on any atom is 0.0949 e. The first-order valence-electron chi connectivity index (χ1n) is 7.25. The van der Waals surface area contributed by atoms with Gasteiger partial charge in [-0.2, -0.15) is 0 Å². The number of hydrogen-bond acceptors (Lipinski definition) is 2. The van der Waals surface area contributed by atoms with Gasteiger partial charge in [0.25, 0.3) is 0 Å². The fourth-order valence-corrected chi connectivity index (χ4v) is 3.55. The Morgan fingerprint density at radius 2 is 1.62 bits per heavy atom. The van der Waals surface area contributed by atoms with Crippen LogP contribution in [-0.4, -0.2) is 15.6 Å². The number of benzene rings is 2. The van der Waals surface area contributed by atoms with Crippen molar-refractivity contribution < 1.29 is 9.84 Å². The quantitative estimate of drug-likeness (QED) is 0.624. The summed E-state index contributed by atoms with van der Waals surface area (Å²) in [4.78, 5) is 0. The predicted molar refractivity (Wildman–Crippen MR) is 92.5 cm³/mol. The lowest BCUT2D eigenvalue weighted by molar-refractivity contribution is -0.141. The summed E-state index contributed by atoms with van der Waals surface area (Å²) in [5, 5.41) is 11.2. The summed E-state index contributed by atoms with van der Waals surface area (Å²) < 4.78 is 7.06. The zero-order chi connectivity index (χ0) is 14.7. The smallest absolute Gasteiger partial charge is 0.0949 e. The minimum atomic E-state index is -0.810. The third kappa shape index (κ3) is 3.30. The van der Waals surface area contributed by atoms with Crippen molar-refractivity contribution in [2.75, 3.05) is 4.43 Å². The molecule has 0 bridgehead atoms. The SMILES string of the molecule is O[C@]1(c2ccccc2)C[C@H](CI)O[C@@H](c2ccccc2)C1. The Labute approximate surface area is 139 Å². The van der Waals surface area contributed by atoms with E-state index in [0.29, 0.717) is 12.8 Å². The second-order valence-corrected chi connectivity index (χ2v) is 6.50. The lowest BCUT2D eigenvalue weighted by Crippen LogP contribution is -2.40. The zero-order valence-electron chi connectivity index (χ0n) is 11.8. The lowest BCUT2D eigenvalue weighted by Gasteiger charge is -2.41. The normalized spacial score (nSPS) is 29.2. The number of ether oxygens (including phenoxy) is 1. The summed E-state index contributed by atoms with van der Waals surface area (Å²) in [6, 6.07) is 20.2. The fraction of sp³-hybridized carbons (Fsp3) is 0.333. The van der Waals surface area contributed by atoms with E-state index in [4.69, 9.17) is 4.74 Å². The Morgan fingerprint density at radius 1 is 1.00 bits per heavy atom. The van der Waals surface area contributed by atoms with Crippen LogP contribution in [0.1, 0.15) is 30.1 Å². The Kier molecular flexibility index (Phi) is 4.62. The second-order valence-electron chi connectivity index (χ2n) is 5.62. The average Bonchev–Trinajstić information content (AvgIpc) is 2.56. The molecular formula is C18H19IO2. The highest BCUT2D eigenvalue weighted by Gasteiger charge is 2.41. The van der Waals surface area contributed by atoms with Crippen LogP contribution >= 0.6 is 22.6 Å².